The Hall–Kier alpha value is -1.98. The van der Waals surface area contributed by atoms with Crippen LogP contribution in [0.3, 0.4) is 0 Å². The Morgan fingerprint density at radius 1 is 1.71 bits per heavy atom. The van der Waals surface area contributed by atoms with E-state index in [9.17, 15) is 9.59 Å². The van der Waals surface area contributed by atoms with Crippen LogP contribution in [0.1, 0.15) is 25.1 Å². The molecule has 1 fully saturated rings. The Morgan fingerprint density at radius 3 is 3.06 bits per heavy atom. The average molecular weight is 237 g/mol. The fraction of sp³-hybridized carbons (Fsp3) is 0.455. The van der Waals surface area contributed by atoms with E-state index in [-0.39, 0.29) is 24.5 Å². The minimum Gasteiger partial charge on any atom is -0.481 e. The molecular weight excluding hydrogens is 222 g/mol. The number of aromatic amines is 1. The summed E-state index contributed by atoms with van der Waals surface area (Å²) in [5.41, 5.74) is 0.934. The number of amides is 2. The lowest BCUT2D eigenvalue weighted by Crippen LogP contribution is -2.37. The molecule has 2 heterocycles. The van der Waals surface area contributed by atoms with Gasteiger partial charge in [0, 0.05) is 24.5 Å². The van der Waals surface area contributed by atoms with E-state index < -0.39 is 5.97 Å². The Kier molecular flexibility index (Phi) is 3.03. The summed E-state index contributed by atoms with van der Waals surface area (Å²) in [4.78, 5) is 26.9. The van der Waals surface area contributed by atoms with Gasteiger partial charge in [-0.15, -0.1) is 0 Å². The number of carbonyl (C=O) groups is 2. The Bertz CT molecular complexity index is 416. The minimum absolute atomic E-state index is 0.0368. The van der Waals surface area contributed by atoms with Crippen LogP contribution in [0.5, 0.6) is 0 Å². The molecule has 3 N–H and O–H groups in total. The van der Waals surface area contributed by atoms with E-state index in [4.69, 9.17) is 5.11 Å². The van der Waals surface area contributed by atoms with Crippen LogP contribution in [0.15, 0.2) is 18.3 Å². The van der Waals surface area contributed by atoms with Crippen LogP contribution in [0, 0.1) is 0 Å². The second-order valence-electron chi connectivity index (χ2n) is 4.23. The zero-order chi connectivity index (χ0) is 12.4. The molecule has 0 aliphatic carbocycles. The molecule has 2 amide bonds. The highest BCUT2D eigenvalue weighted by molar-refractivity contribution is 5.78. The van der Waals surface area contributed by atoms with Crippen molar-refractivity contribution in [1.29, 1.82) is 0 Å². The van der Waals surface area contributed by atoms with Gasteiger partial charge in [-0.05, 0) is 19.1 Å². The molecule has 1 aliphatic heterocycles. The van der Waals surface area contributed by atoms with Crippen molar-refractivity contribution in [2.45, 2.75) is 25.4 Å². The molecule has 0 aromatic carbocycles. The summed E-state index contributed by atoms with van der Waals surface area (Å²) >= 11 is 0. The van der Waals surface area contributed by atoms with Gasteiger partial charge in [0.1, 0.15) is 0 Å². The van der Waals surface area contributed by atoms with Crippen LogP contribution in [-0.4, -0.2) is 39.6 Å². The van der Waals surface area contributed by atoms with Gasteiger partial charge in [-0.1, -0.05) is 0 Å². The van der Waals surface area contributed by atoms with E-state index in [1.807, 2.05) is 12.1 Å². The molecule has 6 heteroatoms. The number of urea groups is 1. The third-order valence-corrected chi connectivity index (χ3v) is 2.94. The second kappa shape index (κ2) is 4.48. The smallest absolute Gasteiger partial charge is 0.318 e. The first-order valence-corrected chi connectivity index (χ1v) is 5.50. The van der Waals surface area contributed by atoms with E-state index in [0.29, 0.717) is 6.54 Å². The lowest BCUT2D eigenvalue weighted by atomic mass is 10.2. The molecule has 2 unspecified atom stereocenters. The van der Waals surface area contributed by atoms with Crippen LogP contribution >= 0.6 is 0 Å². The maximum atomic E-state index is 11.7. The van der Waals surface area contributed by atoms with E-state index in [1.54, 1.807) is 18.0 Å². The first-order valence-electron chi connectivity index (χ1n) is 5.50. The van der Waals surface area contributed by atoms with Gasteiger partial charge in [0.25, 0.3) is 0 Å². The Morgan fingerprint density at radius 2 is 2.47 bits per heavy atom. The van der Waals surface area contributed by atoms with Crippen molar-refractivity contribution in [2.75, 3.05) is 6.54 Å². The van der Waals surface area contributed by atoms with Crippen molar-refractivity contribution < 1.29 is 14.7 Å². The molecule has 2 rings (SSSR count). The normalized spacial score (nSPS) is 21.4. The molecule has 1 aromatic heterocycles. The van der Waals surface area contributed by atoms with Gasteiger partial charge in [-0.2, -0.15) is 0 Å². The predicted molar refractivity (Wildman–Crippen MR) is 60.5 cm³/mol. The monoisotopic (exact) mass is 237 g/mol. The summed E-state index contributed by atoms with van der Waals surface area (Å²) in [5, 5.41) is 11.5. The number of nitrogens with zero attached hydrogens (tertiary/aromatic N) is 1. The fourth-order valence-corrected chi connectivity index (χ4v) is 2.04. The number of hydrogen-bond acceptors (Lipinski definition) is 2. The first-order chi connectivity index (χ1) is 8.08. The van der Waals surface area contributed by atoms with Crippen molar-refractivity contribution in [3.63, 3.8) is 0 Å². The highest BCUT2D eigenvalue weighted by atomic mass is 16.4. The number of carbonyl (C=O) groups excluding carboxylic acids is 1. The lowest BCUT2D eigenvalue weighted by molar-refractivity contribution is -0.137. The highest BCUT2D eigenvalue weighted by Gasteiger charge is 2.33. The van der Waals surface area contributed by atoms with Crippen molar-refractivity contribution in [3.05, 3.63) is 24.0 Å². The number of carboxylic acids is 1. The predicted octanol–water partition coefficient (Wildman–Crippen LogP) is 0.944. The molecular formula is C11H15N3O3. The van der Waals surface area contributed by atoms with E-state index in [2.05, 4.69) is 10.3 Å². The van der Waals surface area contributed by atoms with Crippen LogP contribution in [0.4, 0.5) is 4.79 Å². The maximum Gasteiger partial charge on any atom is 0.318 e. The lowest BCUT2D eigenvalue weighted by Gasteiger charge is -2.21. The van der Waals surface area contributed by atoms with Crippen LogP contribution in [-0.2, 0) is 4.79 Å². The van der Waals surface area contributed by atoms with Gasteiger partial charge in [0.15, 0.2) is 0 Å². The molecule has 2 atom stereocenters. The zero-order valence-electron chi connectivity index (χ0n) is 9.51. The summed E-state index contributed by atoms with van der Waals surface area (Å²) in [6.07, 6.45) is 1.76. The van der Waals surface area contributed by atoms with Gasteiger partial charge >= 0.3 is 12.0 Å². The van der Waals surface area contributed by atoms with Crippen LogP contribution in [0.2, 0.25) is 0 Å². The number of aliphatic carboxylic acids is 1. The molecule has 1 aliphatic rings. The van der Waals surface area contributed by atoms with Crippen molar-refractivity contribution in [2.24, 2.45) is 0 Å². The molecule has 1 saturated heterocycles. The summed E-state index contributed by atoms with van der Waals surface area (Å²) < 4.78 is 0. The minimum atomic E-state index is -0.895. The van der Waals surface area contributed by atoms with Crippen LogP contribution in [0.25, 0.3) is 0 Å². The molecule has 92 valence electrons. The Labute approximate surface area is 98.6 Å². The van der Waals surface area contributed by atoms with Gasteiger partial charge in [0.05, 0.1) is 12.5 Å². The number of hydrogen-bond donors (Lipinski definition) is 3. The standard InChI is InChI=1S/C11H15N3O3/c1-7(5-10(15)16)14-6-9(13-11(14)17)8-3-2-4-12-8/h2-4,7,9,12H,5-6H2,1H3,(H,13,17)(H,15,16). The number of aromatic nitrogens is 1. The largest absolute Gasteiger partial charge is 0.481 e. The Balaban J connectivity index is 2.02. The molecule has 0 saturated carbocycles. The third-order valence-electron chi connectivity index (χ3n) is 2.94. The van der Waals surface area contributed by atoms with Crippen molar-refractivity contribution in [3.8, 4) is 0 Å². The van der Waals surface area contributed by atoms with Crippen LogP contribution < -0.4 is 5.32 Å². The molecule has 1 aromatic rings. The number of carboxylic acid groups (broad SMARTS) is 1. The van der Waals surface area contributed by atoms with E-state index in [1.165, 1.54) is 0 Å². The van der Waals surface area contributed by atoms with E-state index in [0.717, 1.165) is 5.69 Å². The second-order valence-corrected chi connectivity index (χ2v) is 4.23. The molecule has 0 radical (unpaired) electrons. The number of rotatable bonds is 4. The zero-order valence-corrected chi connectivity index (χ0v) is 9.51. The first kappa shape index (κ1) is 11.5. The summed E-state index contributed by atoms with van der Waals surface area (Å²) in [6, 6.07) is 3.17. The molecule has 17 heavy (non-hydrogen) atoms. The summed E-state index contributed by atoms with van der Waals surface area (Å²) in [5.74, 6) is -0.895. The van der Waals surface area contributed by atoms with Gasteiger partial charge in [-0.25, -0.2) is 4.79 Å². The maximum absolute atomic E-state index is 11.7. The summed E-state index contributed by atoms with van der Waals surface area (Å²) in [6.45, 7) is 2.23. The number of nitrogens with one attached hydrogen (secondary N) is 2. The van der Waals surface area contributed by atoms with Crippen molar-refractivity contribution >= 4 is 12.0 Å². The topological polar surface area (TPSA) is 85.4 Å². The van der Waals surface area contributed by atoms with Gasteiger partial charge in [0.2, 0.25) is 0 Å². The van der Waals surface area contributed by atoms with Gasteiger partial charge < -0.3 is 20.3 Å². The van der Waals surface area contributed by atoms with E-state index >= 15 is 0 Å². The third kappa shape index (κ3) is 2.41. The molecule has 0 spiro atoms. The SMILES string of the molecule is CC(CC(=O)O)N1CC(c2ccc[nH]2)NC1=O. The molecule has 0 bridgehead atoms. The summed E-state index contributed by atoms with van der Waals surface area (Å²) in [7, 11) is 0. The fourth-order valence-electron chi connectivity index (χ4n) is 2.04. The highest BCUT2D eigenvalue weighted by Crippen LogP contribution is 2.21. The van der Waals surface area contributed by atoms with Gasteiger partial charge in [-0.3, -0.25) is 4.79 Å². The quantitative estimate of drug-likeness (QED) is 0.728. The average Bonchev–Trinajstić information content (AvgIpc) is 2.84. The number of H-pyrrole nitrogens is 1. The molecule has 6 nitrogen and oxygen atoms in total. The van der Waals surface area contributed by atoms with Crippen molar-refractivity contribution in [1.82, 2.24) is 15.2 Å².